The van der Waals surface area contributed by atoms with Gasteiger partial charge in [-0.3, -0.25) is 0 Å². The zero-order chi connectivity index (χ0) is 58.4. The minimum Gasteiger partial charge on any atom is -0.334 e. The Morgan fingerprint density at radius 2 is 1.04 bits per heavy atom. The maximum Gasteiger partial charge on any atom is 0.226 e. The molecule has 428 valence electrons. The summed E-state index contributed by atoms with van der Waals surface area (Å²) >= 11 is 3.98. The molecule has 0 N–H and O–H groups in total. The van der Waals surface area contributed by atoms with Gasteiger partial charge in [0.15, 0.2) is 0 Å². The fraction of sp³-hybridized carbons (Fsp3) is 0.385. The van der Waals surface area contributed by atoms with Crippen LogP contribution >= 0.6 is 22.7 Å². The van der Waals surface area contributed by atoms with E-state index in [9.17, 15) is 0 Å². The van der Waals surface area contributed by atoms with Gasteiger partial charge in [-0.15, -0.1) is 22.7 Å². The summed E-state index contributed by atoms with van der Waals surface area (Å²) in [5.74, 6) is 0.224. The summed E-state index contributed by atoms with van der Waals surface area (Å²) < 4.78 is 8.33. The molecule has 7 aliphatic rings. The SMILES string of the molecule is CC(C)(C)C1=Cc2c3n(c4c2sc2ccccc24)-c2cc(N4c5ccc(C(C)(C)C)cc5C5(C)CCCCC45C)cc4c2B(c2ccc(N5c6ccc(C(C)(C)C)cc6C6(C)CCCCC56C)cc2N4c2cccc4c2sc2ccccc24)C3C1. The summed E-state index contributed by atoms with van der Waals surface area (Å²) in [6.07, 6.45) is 13.3. The number of hydrogen-bond donors (Lipinski definition) is 0. The predicted molar refractivity (Wildman–Crippen MR) is 369 cm³/mol. The van der Waals surface area contributed by atoms with Crippen LogP contribution in [-0.2, 0) is 21.7 Å². The van der Waals surface area contributed by atoms with E-state index in [1.165, 1.54) is 169 Å². The Hall–Kier alpha value is -6.54. The van der Waals surface area contributed by atoms with Crippen LogP contribution in [0.5, 0.6) is 0 Å². The highest BCUT2D eigenvalue weighted by molar-refractivity contribution is 7.26. The summed E-state index contributed by atoms with van der Waals surface area (Å²) in [4.78, 5) is 8.57. The number of benzene rings is 7. The third-order valence-electron chi connectivity index (χ3n) is 23.6. The van der Waals surface area contributed by atoms with Gasteiger partial charge in [-0.05, 0) is 156 Å². The van der Waals surface area contributed by atoms with Crippen molar-refractivity contribution in [3.8, 4) is 5.69 Å². The minimum absolute atomic E-state index is 0.000105. The molecule has 0 amide bonds. The van der Waals surface area contributed by atoms with E-state index in [2.05, 4.69) is 249 Å². The van der Waals surface area contributed by atoms with Crippen molar-refractivity contribution in [2.24, 2.45) is 5.41 Å². The number of hydrogen-bond acceptors (Lipinski definition) is 5. The molecule has 3 aliphatic carbocycles. The van der Waals surface area contributed by atoms with Crippen LogP contribution in [0.25, 0.3) is 52.2 Å². The molecule has 4 nitrogen and oxygen atoms in total. The average molecular weight is 1150 g/mol. The number of aromatic nitrogens is 1. The molecule has 0 bridgehead atoms. The zero-order valence-electron chi connectivity index (χ0n) is 52.4. The Kier molecular flexibility index (Phi) is 10.7. The average Bonchev–Trinajstić information content (AvgIpc) is 1.64. The Balaban J connectivity index is 1.01. The molecule has 2 saturated carbocycles. The molecule has 0 spiro atoms. The lowest BCUT2D eigenvalue weighted by Crippen LogP contribution is -2.58. The highest BCUT2D eigenvalue weighted by atomic mass is 32.1. The summed E-state index contributed by atoms with van der Waals surface area (Å²) in [5.41, 5.74) is 25.2. The molecule has 5 unspecified atom stereocenters. The van der Waals surface area contributed by atoms with Crippen molar-refractivity contribution in [3.63, 3.8) is 0 Å². The summed E-state index contributed by atoms with van der Waals surface area (Å²) in [6, 6.07) is 54.2. The van der Waals surface area contributed by atoms with E-state index in [4.69, 9.17) is 0 Å². The number of thiophene rings is 2. The molecule has 4 aliphatic heterocycles. The first-order chi connectivity index (χ1) is 40.5. The van der Waals surface area contributed by atoms with Crippen molar-refractivity contribution in [3.05, 3.63) is 173 Å². The molecule has 0 saturated heterocycles. The fourth-order valence-electron chi connectivity index (χ4n) is 18.6. The lowest BCUT2D eigenvalue weighted by atomic mass is 9.29. The maximum atomic E-state index is 2.89. The number of allylic oxidation sites excluding steroid dienone is 1. The Morgan fingerprint density at radius 1 is 0.482 bits per heavy atom. The van der Waals surface area contributed by atoms with Crippen molar-refractivity contribution in [2.45, 2.75) is 186 Å². The van der Waals surface area contributed by atoms with E-state index in [0.29, 0.717) is 0 Å². The van der Waals surface area contributed by atoms with Crippen LogP contribution in [0.4, 0.5) is 39.8 Å². The monoisotopic (exact) mass is 1150 g/mol. The van der Waals surface area contributed by atoms with Crippen LogP contribution in [0.15, 0.2) is 139 Å². The molecule has 17 rings (SSSR count). The van der Waals surface area contributed by atoms with E-state index in [-0.39, 0.29) is 50.7 Å². The van der Waals surface area contributed by atoms with Gasteiger partial charge in [-0.2, -0.15) is 0 Å². The van der Waals surface area contributed by atoms with Crippen LogP contribution in [0.2, 0.25) is 0 Å². The van der Waals surface area contributed by atoms with E-state index >= 15 is 0 Å². The van der Waals surface area contributed by atoms with Gasteiger partial charge in [-0.1, -0.05) is 192 Å². The van der Waals surface area contributed by atoms with Gasteiger partial charge in [0, 0.05) is 87.5 Å². The molecule has 10 aromatic rings. The molecule has 7 heteroatoms. The summed E-state index contributed by atoms with van der Waals surface area (Å²) in [7, 11) is 0. The Morgan fingerprint density at radius 3 is 1.67 bits per heavy atom. The topological polar surface area (TPSA) is 14.7 Å². The van der Waals surface area contributed by atoms with Gasteiger partial charge in [0.2, 0.25) is 6.71 Å². The number of nitrogens with zero attached hydrogens (tertiary/aromatic N) is 4. The van der Waals surface area contributed by atoms with Crippen molar-refractivity contribution in [1.82, 2.24) is 4.57 Å². The second-order valence-electron chi connectivity index (χ2n) is 31.1. The van der Waals surface area contributed by atoms with E-state index < -0.39 is 0 Å². The summed E-state index contributed by atoms with van der Waals surface area (Å²) in [5, 5.41) is 4.04. The Bertz CT molecular complexity index is 4600. The van der Waals surface area contributed by atoms with Crippen LogP contribution in [0.3, 0.4) is 0 Å². The van der Waals surface area contributed by atoms with Gasteiger partial charge >= 0.3 is 0 Å². The molecular formula is C78H81BN4S2. The second-order valence-corrected chi connectivity index (χ2v) is 33.2. The third-order valence-corrected chi connectivity index (χ3v) is 26.0. The molecule has 2 fully saturated rings. The van der Waals surface area contributed by atoms with Gasteiger partial charge in [0.25, 0.3) is 0 Å². The lowest BCUT2D eigenvalue weighted by molar-refractivity contribution is 0.195. The smallest absolute Gasteiger partial charge is 0.226 e. The molecule has 5 atom stereocenters. The van der Waals surface area contributed by atoms with Gasteiger partial charge in [0.05, 0.1) is 31.7 Å². The largest absolute Gasteiger partial charge is 0.334 e. The standard InChI is InChI=1S/C78H81BN4S2/c1-72(2,3)46-29-33-59-55(40-46)75(10)35-18-20-37-77(75,12)82(59)49-31-32-57-62(43-49)80(61-26-22-25-52-51-23-14-16-27-65(51)84-70(52)61)63-44-50(83-60-34-30-47(73(4,5)6)41-56(60)76(11)36-19-21-38-78(76,83)13)45-64-67(63)79(57)58-42-48(74(7,8)9)39-54-68(58)81(64)69-53-24-15-17-28-66(53)85-71(54)69/h14-17,22-34,39-41,43-45,58H,18-21,35-38,42H2,1-13H3. The molecule has 0 radical (unpaired) electrons. The van der Waals surface area contributed by atoms with E-state index in [1.54, 1.807) is 5.57 Å². The molecule has 85 heavy (non-hydrogen) atoms. The van der Waals surface area contributed by atoms with Crippen molar-refractivity contribution < 1.29 is 0 Å². The highest BCUT2D eigenvalue weighted by Gasteiger charge is 2.60. The van der Waals surface area contributed by atoms with Crippen LogP contribution < -0.4 is 25.6 Å². The van der Waals surface area contributed by atoms with E-state index in [0.717, 1.165) is 19.3 Å². The van der Waals surface area contributed by atoms with Gasteiger partial charge in [0.1, 0.15) is 0 Å². The second kappa shape index (κ2) is 17.2. The first-order valence-corrected chi connectivity index (χ1v) is 33.9. The quantitative estimate of drug-likeness (QED) is 0.164. The Labute approximate surface area is 512 Å². The first-order valence-electron chi connectivity index (χ1n) is 32.2. The third kappa shape index (κ3) is 6.81. The molecule has 7 aromatic carbocycles. The van der Waals surface area contributed by atoms with Crippen molar-refractivity contribution in [1.29, 1.82) is 0 Å². The van der Waals surface area contributed by atoms with Crippen LogP contribution in [-0.4, -0.2) is 22.4 Å². The van der Waals surface area contributed by atoms with E-state index in [1.807, 2.05) is 22.7 Å². The van der Waals surface area contributed by atoms with Gasteiger partial charge in [-0.25, -0.2) is 0 Å². The zero-order valence-corrected chi connectivity index (χ0v) is 54.0. The fourth-order valence-corrected chi connectivity index (χ4v) is 21.0. The maximum absolute atomic E-state index is 2.89. The van der Waals surface area contributed by atoms with Crippen LogP contribution in [0, 0.1) is 5.41 Å². The van der Waals surface area contributed by atoms with Gasteiger partial charge < -0.3 is 19.3 Å². The number of fused-ring (bicyclic) bond motifs is 18. The molecule has 3 aromatic heterocycles. The highest BCUT2D eigenvalue weighted by Crippen LogP contribution is 2.65. The lowest BCUT2D eigenvalue weighted by Gasteiger charge is -2.51. The molecular weight excluding hydrogens is 1070 g/mol. The first kappa shape index (κ1) is 52.8. The predicted octanol–water partition coefficient (Wildman–Crippen LogP) is 21.2. The molecule has 7 heterocycles. The normalized spacial score (nSPS) is 24.9. The summed E-state index contributed by atoms with van der Waals surface area (Å²) in [6.45, 7) is 32.3. The number of rotatable bonds is 3. The number of anilines is 7. The van der Waals surface area contributed by atoms with Crippen LogP contribution in [0.1, 0.15) is 187 Å². The van der Waals surface area contributed by atoms with Crippen molar-refractivity contribution in [2.75, 3.05) is 14.7 Å². The minimum atomic E-state index is -0.152. The van der Waals surface area contributed by atoms with Crippen molar-refractivity contribution >= 4 is 127 Å².